The average Bonchev–Trinajstić information content (AvgIpc) is 3.61. The third kappa shape index (κ3) is 5.39. The summed E-state index contributed by atoms with van der Waals surface area (Å²) in [6.45, 7) is 0.547. The van der Waals surface area contributed by atoms with Crippen LogP contribution in [0.4, 0.5) is 8.78 Å². The number of pyridine rings is 1. The van der Waals surface area contributed by atoms with Gasteiger partial charge in [-0.2, -0.15) is 0 Å². The first-order valence-electron chi connectivity index (χ1n) is 13.4. The molecule has 0 aliphatic heterocycles. The number of nitrogens with zero attached hydrogens (tertiary/aromatic N) is 4. The summed E-state index contributed by atoms with van der Waals surface area (Å²) in [6, 6.07) is 16.5. The van der Waals surface area contributed by atoms with Crippen molar-refractivity contribution in [1.29, 1.82) is 0 Å². The number of fused-ring (bicyclic) bond motifs is 1. The van der Waals surface area contributed by atoms with E-state index < -0.39 is 18.0 Å². The van der Waals surface area contributed by atoms with E-state index in [1.807, 2.05) is 53.1 Å². The summed E-state index contributed by atoms with van der Waals surface area (Å²) in [5.41, 5.74) is 2.49. The molecule has 0 spiro atoms. The number of aromatic nitrogens is 5. The number of hydrogen-bond acceptors (Lipinski definition) is 4. The number of H-pyrrole nitrogens is 1. The fourth-order valence-electron chi connectivity index (χ4n) is 5.64. The van der Waals surface area contributed by atoms with Crippen molar-refractivity contribution in [2.24, 2.45) is 5.92 Å². The summed E-state index contributed by atoms with van der Waals surface area (Å²) in [5, 5.41) is 3.00. The summed E-state index contributed by atoms with van der Waals surface area (Å²) < 4.78 is 30.3. The lowest BCUT2D eigenvalue weighted by Crippen LogP contribution is -2.39. The fourth-order valence-corrected chi connectivity index (χ4v) is 5.80. The first-order valence-corrected chi connectivity index (χ1v) is 13.8. The van der Waals surface area contributed by atoms with Crippen LogP contribution in [0.15, 0.2) is 78.0 Å². The molecule has 0 unspecified atom stereocenters. The third-order valence-electron chi connectivity index (χ3n) is 7.69. The smallest absolute Gasteiger partial charge is 0.333 e. The van der Waals surface area contributed by atoms with Gasteiger partial charge in [-0.1, -0.05) is 23.7 Å². The maximum Gasteiger partial charge on any atom is 0.333 e. The first kappa shape index (κ1) is 26.9. The lowest BCUT2D eigenvalue weighted by molar-refractivity contribution is 0.0904. The van der Waals surface area contributed by atoms with Crippen LogP contribution in [0.3, 0.4) is 0 Å². The van der Waals surface area contributed by atoms with Gasteiger partial charge in [-0.05, 0) is 74.1 Å². The van der Waals surface area contributed by atoms with Crippen molar-refractivity contribution in [3.05, 3.63) is 100.0 Å². The number of rotatable bonds is 7. The summed E-state index contributed by atoms with van der Waals surface area (Å²) in [5.74, 6) is 0.388. The normalized spacial score (nSPS) is 17.3. The highest BCUT2D eigenvalue weighted by Gasteiger charge is 2.27. The van der Waals surface area contributed by atoms with Crippen molar-refractivity contribution >= 4 is 28.5 Å². The molecule has 0 bridgehead atoms. The summed E-state index contributed by atoms with van der Waals surface area (Å²) in [4.78, 5) is 37.5. The van der Waals surface area contributed by atoms with Gasteiger partial charge in [0.25, 0.3) is 12.3 Å². The Kier molecular flexibility index (Phi) is 7.40. The third-order valence-corrected chi connectivity index (χ3v) is 7.90. The molecule has 1 aliphatic carbocycles. The number of amides is 1. The Bertz CT molecular complexity index is 1740. The molecule has 1 saturated carbocycles. The highest BCUT2D eigenvalue weighted by Crippen LogP contribution is 2.29. The molecule has 2 aromatic carbocycles. The maximum absolute atomic E-state index is 13.7. The predicted octanol–water partition coefficient (Wildman–Crippen LogP) is 6.16. The number of hydrogen-bond donors (Lipinski definition) is 2. The van der Waals surface area contributed by atoms with E-state index >= 15 is 0 Å². The van der Waals surface area contributed by atoms with Gasteiger partial charge < -0.3 is 10.3 Å². The van der Waals surface area contributed by atoms with Gasteiger partial charge in [0.1, 0.15) is 11.5 Å². The molecule has 1 aliphatic rings. The second kappa shape index (κ2) is 11.3. The maximum atomic E-state index is 13.7. The molecule has 3 heterocycles. The van der Waals surface area contributed by atoms with E-state index in [0.29, 0.717) is 19.4 Å². The number of aromatic amines is 1. The van der Waals surface area contributed by atoms with Gasteiger partial charge in [0.05, 0.1) is 27.3 Å². The van der Waals surface area contributed by atoms with E-state index in [4.69, 9.17) is 11.6 Å². The molecule has 8 nitrogen and oxygen atoms in total. The first-order chi connectivity index (χ1) is 19.9. The second-order valence-electron chi connectivity index (χ2n) is 10.3. The van der Waals surface area contributed by atoms with E-state index in [0.717, 1.165) is 47.1 Å². The van der Waals surface area contributed by atoms with E-state index in [-0.39, 0.29) is 28.2 Å². The number of alkyl halides is 2. The molecular weight excluding hydrogens is 550 g/mol. The zero-order valence-electron chi connectivity index (χ0n) is 21.9. The van der Waals surface area contributed by atoms with Crippen LogP contribution in [-0.2, 0) is 6.54 Å². The average molecular weight is 577 g/mol. The number of benzene rings is 2. The molecule has 1 amide bonds. The van der Waals surface area contributed by atoms with Crippen molar-refractivity contribution in [2.75, 3.05) is 0 Å². The molecule has 210 valence electrons. The SMILES string of the molecule is O=C(N[C@H]1CC[C@H](Cn2c(=O)n(-c3ccc(-c4ncc[nH]4)cc3)c3ccccc32)CC1)c1cc(Cl)cnc1C(F)F. The zero-order valence-corrected chi connectivity index (χ0v) is 22.7. The predicted molar refractivity (Wildman–Crippen MR) is 153 cm³/mol. The molecule has 6 rings (SSSR count). The largest absolute Gasteiger partial charge is 0.349 e. The van der Waals surface area contributed by atoms with Crippen LogP contribution >= 0.6 is 11.6 Å². The minimum Gasteiger partial charge on any atom is -0.349 e. The summed E-state index contributed by atoms with van der Waals surface area (Å²) >= 11 is 5.91. The second-order valence-corrected chi connectivity index (χ2v) is 10.7. The van der Waals surface area contributed by atoms with E-state index in [1.165, 1.54) is 6.07 Å². The van der Waals surface area contributed by atoms with Crippen LogP contribution in [-0.4, -0.2) is 36.0 Å². The number of para-hydroxylation sites is 2. The Morgan fingerprint density at radius 3 is 2.46 bits per heavy atom. The Morgan fingerprint density at radius 1 is 1.05 bits per heavy atom. The molecule has 5 aromatic rings. The standard InChI is InChI=1S/C30H27ClF2N6O2/c31-20-15-23(26(27(32)33)36-16-20)29(40)37-21-9-5-18(6-10-21)17-38-24-3-1-2-4-25(24)39(30(38)41)22-11-7-19(8-12-22)28-34-13-14-35-28/h1-4,7-8,11-16,18,21,27H,5-6,9-10,17H2,(H,34,35)(H,37,40)/t18-,21-. The van der Waals surface area contributed by atoms with Crippen molar-refractivity contribution in [2.45, 2.75) is 44.7 Å². The van der Waals surface area contributed by atoms with Crippen molar-refractivity contribution < 1.29 is 13.6 Å². The highest BCUT2D eigenvalue weighted by atomic mass is 35.5. The van der Waals surface area contributed by atoms with E-state index in [9.17, 15) is 18.4 Å². The molecule has 0 atom stereocenters. The van der Waals surface area contributed by atoms with Crippen LogP contribution in [0, 0.1) is 5.92 Å². The molecule has 1 fully saturated rings. The molecule has 3 aromatic heterocycles. The molecule has 0 saturated heterocycles. The quantitative estimate of drug-likeness (QED) is 0.242. The van der Waals surface area contributed by atoms with E-state index in [1.54, 1.807) is 17.0 Å². The number of carbonyl (C=O) groups is 1. The lowest BCUT2D eigenvalue weighted by atomic mass is 9.85. The Balaban J connectivity index is 1.17. The summed E-state index contributed by atoms with van der Waals surface area (Å²) in [7, 11) is 0. The minimum absolute atomic E-state index is 0.111. The molecular formula is C30H27ClF2N6O2. The van der Waals surface area contributed by atoms with E-state index in [2.05, 4.69) is 20.3 Å². The van der Waals surface area contributed by atoms with Crippen molar-refractivity contribution in [3.8, 4) is 17.1 Å². The van der Waals surface area contributed by atoms with Gasteiger partial charge in [-0.3, -0.25) is 18.9 Å². The topological polar surface area (TPSA) is 97.6 Å². The lowest BCUT2D eigenvalue weighted by Gasteiger charge is -2.29. The Hall–Kier alpha value is -4.31. The van der Waals surface area contributed by atoms with Crippen LogP contribution in [0.5, 0.6) is 0 Å². The van der Waals surface area contributed by atoms with Crippen molar-refractivity contribution in [1.82, 2.24) is 29.4 Å². The Morgan fingerprint density at radius 2 is 1.78 bits per heavy atom. The van der Waals surface area contributed by atoms with Crippen LogP contribution < -0.4 is 11.0 Å². The number of halogens is 3. The van der Waals surface area contributed by atoms with Gasteiger partial charge in [0, 0.05) is 36.7 Å². The van der Waals surface area contributed by atoms with Crippen LogP contribution in [0.1, 0.15) is 48.2 Å². The van der Waals surface area contributed by atoms with Gasteiger partial charge in [0.15, 0.2) is 0 Å². The van der Waals surface area contributed by atoms with Gasteiger partial charge in [0.2, 0.25) is 0 Å². The highest BCUT2D eigenvalue weighted by molar-refractivity contribution is 6.30. The minimum atomic E-state index is -2.88. The van der Waals surface area contributed by atoms with Crippen molar-refractivity contribution in [3.63, 3.8) is 0 Å². The number of carbonyl (C=O) groups excluding carboxylic acids is 1. The molecule has 0 radical (unpaired) electrons. The monoisotopic (exact) mass is 576 g/mol. The van der Waals surface area contributed by atoms with Gasteiger partial charge in [-0.15, -0.1) is 0 Å². The zero-order chi connectivity index (χ0) is 28.5. The van der Waals surface area contributed by atoms with Crippen LogP contribution in [0.2, 0.25) is 5.02 Å². The molecule has 11 heteroatoms. The molecule has 2 N–H and O–H groups in total. The van der Waals surface area contributed by atoms with Gasteiger partial charge >= 0.3 is 5.69 Å². The fraction of sp³-hybridized carbons (Fsp3) is 0.267. The number of nitrogens with one attached hydrogen (secondary N) is 2. The Labute approximate surface area is 239 Å². The number of imidazole rings is 2. The molecule has 41 heavy (non-hydrogen) atoms. The van der Waals surface area contributed by atoms with Gasteiger partial charge in [-0.25, -0.2) is 18.6 Å². The summed E-state index contributed by atoms with van der Waals surface area (Å²) in [6.07, 6.45) is 4.62. The van der Waals surface area contributed by atoms with Crippen LogP contribution in [0.25, 0.3) is 28.1 Å².